The lowest BCUT2D eigenvalue weighted by Crippen LogP contribution is -2.16. The van der Waals surface area contributed by atoms with E-state index in [0.29, 0.717) is 6.42 Å². The molecule has 8 heteroatoms. The molecule has 4 N–H and O–H groups in total. The Labute approximate surface area is 171 Å². The highest BCUT2D eigenvalue weighted by Crippen LogP contribution is 2.38. The normalized spacial score (nSPS) is 11.0. The molecule has 158 valence electrons. The van der Waals surface area contributed by atoms with Gasteiger partial charge in [0.15, 0.2) is 17.3 Å². The summed E-state index contributed by atoms with van der Waals surface area (Å²) in [5, 5.41) is 38.9. The van der Waals surface area contributed by atoms with E-state index < -0.39 is 28.6 Å². The van der Waals surface area contributed by atoms with Gasteiger partial charge in [0.2, 0.25) is 11.2 Å². The van der Waals surface area contributed by atoms with E-state index >= 15 is 0 Å². The van der Waals surface area contributed by atoms with Gasteiger partial charge >= 0.3 is 5.97 Å². The van der Waals surface area contributed by atoms with Crippen molar-refractivity contribution in [3.63, 3.8) is 0 Å². The Hall–Kier alpha value is -3.68. The number of phenolic OH excluding ortho intramolecular Hbond substituents is 4. The van der Waals surface area contributed by atoms with Crippen molar-refractivity contribution in [3.05, 3.63) is 40.6 Å². The zero-order valence-electron chi connectivity index (χ0n) is 16.3. The van der Waals surface area contributed by atoms with Crippen molar-refractivity contribution in [1.29, 1.82) is 0 Å². The number of carbonyl (C=O) groups excluding carboxylic acids is 1. The van der Waals surface area contributed by atoms with Crippen LogP contribution in [0.2, 0.25) is 0 Å². The number of hydrogen-bond donors (Lipinski definition) is 4. The summed E-state index contributed by atoms with van der Waals surface area (Å²) in [6.45, 7) is 2.04. The minimum Gasteiger partial charge on any atom is -0.508 e. The Balaban J connectivity index is 2.12. The SMILES string of the molecule is CCCCCCC(=O)Oc1c(-c2ccc(O)c(O)c2)oc2cc(O)cc(O)c2c1=O. The number of benzene rings is 2. The fourth-order valence-electron chi connectivity index (χ4n) is 3.08. The first-order chi connectivity index (χ1) is 14.3. The lowest BCUT2D eigenvalue weighted by molar-refractivity contribution is -0.134. The number of rotatable bonds is 7. The van der Waals surface area contributed by atoms with Crippen LogP contribution < -0.4 is 10.2 Å². The number of hydrogen-bond acceptors (Lipinski definition) is 8. The Morgan fingerprint density at radius 2 is 1.73 bits per heavy atom. The van der Waals surface area contributed by atoms with Gasteiger partial charge in [0, 0.05) is 24.1 Å². The lowest BCUT2D eigenvalue weighted by atomic mass is 10.1. The maximum absolute atomic E-state index is 13.0. The van der Waals surface area contributed by atoms with E-state index in [1.165, 1.54) is 12.1 Å². The maximum Gasteiger partial charge on any atom is 0.311 e. The van der Waals surface area contributed by atoms with E-state index in [0.717, 1.165) is 37.5 Å². The Morgan fingerprint density at radius 1 is 0.967 bits per heavy atom. The highest BCUT2D eigenvalue weighted by atomic mass is 16.5. The van der Waals surface area contributed by atoms with Gasteiger partial charge in [-0.3, -0.25) is 9.59 Å². The van der Waals surface area contributed by atoms with Gasteiger partial charge in [-0.25, -0.2) is 0 Å². The molecule has 0 amide bonds. The van der Waals surface area contributed by atoms with Crippen molar-refractivity contribution in [2.75, 3.05) is 0 Å². The molecule has 3 rings (SSSR count). The summed E-state index contributed by atoms with van der Waals surface area (Å²) in [6, 6.07) is 5.80. The van der Waals surface area contributed by atoms with Gasteiger partial charge in [-0.1, -0.05) is 26.2 Å². The molecule has 1 heterocycles. The molecule has 0 atom stereocenters. The summed E-state index contributed by atoms with van der Waals surface area (Å²) < 4.78 is 11.0. The summed E-state index contributed by atoms with van der Waals surface area (Å²) in [4.78, 5) is 25.3. The second kappa shape index (κ2) is 8.77. The topological polar surface area (TPSA) is 137 Å². The molecule has 0 saturated carbocycles. The average Bonchev–Trinajstić information content (AvgIpc) is 2.69. The fourth-order valence-corrected chi connectivity index (χ4v) is 3.08. The summed E-state index contributed by atoms with van der Waals surface area (Å²) in [5.74, 6) is -2.98. The van der Waals surface area contributed by atoms with Gasteiger partial charge in [0.05, 0.1) is 0 Å². The van der Waals surface area contributed by atoms with Crippen LogP contribution in [-0.2, 0) is 4.79 Å². The molecule has 0 radical (unpaired) electrons. The second-order valence-electron chi connectivity index (χ2n) is 6.92. The first-order valence-electron chi connectivity index (χ1n) is 9.57. The van der Waals surface area contributed by atoms with E-state index in [4.69, 9.17) is 9.15 Å². The summed E-state index contributed by atoms with van der Waals surface area (Å²) >= 11 is 0. The van der Waals surface area contributed by atoms with Crippen molar-refractivity contribution >= 4 is 16.9 Å². The van der Waals surface area contributed by atoms with Crippen LogP contribution in [0, 0.1) is 0 Å². The third-order valence-corrected chi connectivity index (χ3v) is 4.61. The van der Waals surface area contributed by atoms with Crippen molar-refractivity contribution in [3.8, 4) is 40.1 Å². The van der Waals surface area contributed by atoms with Gasteiger partial charge in [-0.2, -0.15) is 0 Å². The first-order valence-corrected chi connectivity index (χ1v) is 9.57. The standard InChI is InChI=1S/C22H22O8/c1-2-3-4-5-6-18(27)30-22-20(28)19-16(26)10-13(23)11-17(19)29-21(22)12-7-8-14(24)15(25)9-12/h7-11,23-26H,2-6H2,1H3. The molecule has 30 heavy (non-hydrogen) atoms. The number of esters is 1. The Kier molecular flexibility index (Phi) is 6.15. The van der Waals surface area contributed by atoms with Crippen LogP contribution in [0.4, 0.5) is 0 Å². The van der Waals surface area contributed by atoms with Gasteiger partial charge in [0.1, 0.15) is 22.5 Å². The number of phenols is 4. The van der Waals surface area contributed by atoms with Crippen molar-refractivity contribution < 1.29 is 34.4 Å². The maximum atomic E-state index is 13.0. The Bertz CT molecular complexity index is 1150. The van der Waals surface area contributed by atoms with Crippen LogP contribution >= 0.6 is 0 Å². The molecule has 0 aliphatic rings. The van der Waals surface area contributed by atoms with Crippen LogP contribution in [0.15, 0.2) is 39.5 Å². The van der Waals surface area contributed by atoms with Crippen LogP contribution in [0.1, 0.15) is 39.0 Å². The minimum atomic E-state index is -0.807. The number of unbranched alkanes of at least 4 members (excludes halogenated alkanes) is 3. The summed E-state index contributed by atoms with van der Waals surface area (Å²) in [6.07, 6.45) is 3.51. The third kappa shape index (κ3) is 4.32. The lowest BCUT2D eigenvalue weighted by Gasteiger charge is -2.12. The number of aromatic hydroxyl groups is 4. The molecule has 0 aliphatic carbocycles. The number of fused-ring (bicyclic) bond motifs is 1. The highest BCUT2D eigenvalue weighted by Gasteiger charge is 2.23. The molecule has 0 spiro atoms. The Morgan fingerprint density at radius 3 is 2.43 bits per heavy atom. The quantitative estimate of drug-likeness (QED) is 0.257. The molecule has 0 saturated heterocycles. The highest BCUT2D eigenvalue weighted by molar-refractivity contribution is 5.89. The summed E-state index contributed by atoms with van der Waals surface area (Å²) in [5.41, 5.74) is -0.790. The monoisotopic (exact) mass is 414 g/mol. The molecule has 0 bridgehead atoms. The molecule has 2 aromatic carbocycles. The predicted octanol–water partition coefficient (Wildman–Crippen LogP) is 4.16. The molecular weight excluding hydrogens is 392 g/mol. The molecule has 3 aromatic rings. The predicted molar refractivity (Wildman–Crippen MR) is 109 cm³/mol. The van der Waals surface area contributed by atoms with Gasteiger partial charge in [-0.05, 0) is 24.6 Å². The van der Waals surface area contributed by atoms with E-state index in [1.807, 2.05) is 6.92 Å². The number of ether oxygens (including phenoxy) is 1. The molecule has 0 unspecified atom stereocenters. The molecule has 0 aliphatic heterocycles. The average molecular weight is 414 g/mol. The van der Waals surface area contributed by atoms with E-state index in [2.05, 4.69) is 0 Å². The van der Waals surface area contributed by atoms with Crippen molar-refractivity contribution in [1.82, 2.24) is 0 Å². The fraction of sp³-hybridized carbons (Fsp3) is 0.273. The van der Waals surface area contributed by atoms with Crippen LogP contribution in [0.5, 0.6) is 28.7 Å². The van der Waals surface area contributed by atoms with Crippen LogP contribution in [-0.4, -0.2) is 26.4 Å². The molecule has 1 aromatic heterocycles. The zero-order chi connectivity index (χ0) is 21.8. The summed E-state index contributed by atoms with van der Waals surface area (Å²) in [7, 11) is 0. The largest absolute Gasteiger partial charge is 0.508 e. The number of carbonyl (C=O) groups is 1. The second-order valence-corrected chi connectivity index (χ2v) is 6.92. The molecule has 8 nitrogen and oxygen atoms in total. The van der Waals surface area contributed by atoms with E-state index in [-0.39, 0.29) is 40.2 Å². The van der Waals surface area contributed by atoms with Crippen LogP contribution in [0.3, 0.4) is 0 Å². The van der Waals surface area contributed by atoms with Gasteiger partial charge < -0.3 is 29.6 Å². The van der Waals surface area contributed by atoms with E-state index in [9.17, 15) is 30.0 Å². The van der Waals surface area contributed by atoms with Gasteiger partial charge in [-0.15, -0.1) is 0 Å². The molecule has 0 fully saturated rings. The third-order valence-electron chi connectivity index (χ3n) is 4.61. The smallest absolute Gasteiger partial charge is 0.311 e. The van der Waals surface area contributed by atoms with Crippen LogP contribution in [0.25, 0.3) is 22.3 Å². The minimum absolute atomic E-state index is 0.0965. The van der Waals surface area contributed by atoms with E-state index in [1.54, 1.807) is 0 Å². The van der Waals surface area contributed by atoms with Gasteiger partial charge in [0.25, 0.3) is 0 Å². The van der Waals surface area contributed by atoms with Crippen molar-refractivity contribution in [2.24, 2.45) is 0 Å². The zero-order valence-corrected chi connectivity index (χ0v) is 16.3. The first kappa shape index (κ1) is 21.0. The molecular formula is C22H22O8. The van der Waals surface area contributed by atoms with Crippen molar-refractivity contribution in [2.45, 2.75) is 39.0 Å².